The minimum Gasteiger partial charge on any atom is -0.455 e. The van der Waals surface area contributed by atoms with E-state index < -0.39 is 6.17 Å². The Balaban J connectivity index is 1.09. The zero-order chi connectivity index (χ0) is 38.6. The van der Waals surface area contributed by atoms with E-state index >= 15 is 0 Å². The number of aromatic nitrogens is 1. The molecule has 1 aliphatic rings. The second-order valence-corrected chi connectivity index (χ2v) is 16.4. The molecule has 0 aliphatic carbocycles. The fourth-order valence-corrected chi connectivity index (χ4v) is 10.4. The standard InChI is InChI=1S/C53H32N4OS/c1-2-13-32-26-35(25-24-31(32)12-1)51-54-52(41-20-11-19-40-39-18-7-10-23-48(39)59-50(40)41)56-53(55-51)44-30-36(29-43-38-17-6-9-22-47(38)58-49(43)44)57-45-21-8-5-16-37(45)42-27-33-14-3-4-15-34(33)28-46(42)57/h1-30,51H,(H,54,55,56). The van der Waals surface area contributed by atoms with Gasteiger partial charge in [-0.05, 0) is 81.7 Å². The normalized spacial score (nSPS) is 14.6. The molecule has 9 aromatic carbocycles. The van der Waals surface area contributed by atoms with Crippen LogP contribution in [0.3, 0.4) is 0 Å². The molecule has 0 radical (unpaired) electrons. The summed E-state index contributed by atoms with van der Waals surface area (Å²) in [6.07, 6.45) is -0.408. The number of nitrogens with zero attached hydrogens (tertiary/aromatic N) is 3. The largest absolute Gasteiger partial charge is 0.455 e. The number of amidine groups is 2. The Hall–Kier alpha value is -7.54. The number of thiophene rings is 1. The van der Waals surface area contributed by atoms with Gasteiger partial charge in [0, 0.05) is 53.0 Å². The van der Waals surface area contributed by atoms with Gasteiger partial charge in [-0.3, -0.25) is 0 Å². The highest BCUT2D eigenvalue weighted by atomic mass is 32.1. The summed E-state index contributed by atoms with van der Waals surface area (Å²) < 4.78 is 11.6. The molecule has 13 rings (SSSR count). The molecule has 0 bridgehead atoms. The third-order valence-electron chi connectivity index (χ3n) is 12.0. The van der Waals surface area contributed by atoms with Gasteiger partial charge in [0.2, 0.25) is 0 Å². The predicted octanol–water partition coefficient (Wildman–Crippen LogP) is 13.9. The molecule has 12 aromatic rings. The fraction of sp³-hybridized carbons (Fsp3) is 0.0189. The molecule has 59 heavy (non-hydrogen) atoms. The SMILES string of the molecule is c1ccc2cc(C3N=C(c4cccc5c4sc4ccccc45)N=C(c4cc(-n5c6ccccc6c6cc7ccccc7cc65)cc5c4oc4ccccc45)N3)ccc2c1. The molecule has 0 amide bonds. The average Bonchev–Trinajstić information content (AvgIpc) is 3.97. The quantitative estimate of drug-likeness (QED) is 0.194. The number of aliphatic imine (C=N–C) groups is 2. The van der Waals surface area contributed by atoms with Crippen molar-refractivity contribution in [2.24, 2.45) is 9.98 Å². The summed E-state index contributed by atoms with van der Waals surface area (Å²) in [6.45, 7) is 0. The lowest BCUT2D eigenvalue weighted by Gasteiger charge is -2.24. The van der Waals surface area contributed by atoms with E-state index in [1.165, 1.54) is 52.5 Å². The Morgan fingerprint density at radius 2 is 1.22 bits per heavy atom. The Labute approximate surface area is 341 Å². The lowest BCUT2D eigenvalue weighted by atomic mass is 10.0. The molecule has 1 atom stereocenters. The molecule has 0 saturated heterocycles. The predicted molar refractivity (Wildman–Crippen MR) is 248 cm³/mol. The summed E-state index contributed by atoms with van der Waals surface area (Å²) in [5.41, 5.74) is 7.89. The Kier molecular flexibility index (Phi) is 6.88. The fourth-order valence-electron chi connectivity index (χ4n) is 9.23. The van der Waals surface area contributed by atoms with Crippen LogP contribution in [0.2, 0.25) is 0 Å². The van der Waals surface area contributed by atoms with Crippen molar-refractivity contribution in [2.45, 2.75) is 6.17 Å². The number of benzene rings is 9. The minimum absolute atomic E-state index is 0.408. The molecular formula is C53H32N4OS. The van der Waals surface area contributed by atoms with Crippen molar-refractivity contribution in [1.29, 1.82) is 0 Å². The van der Waals surface area contributed by atoms with Crippen LogP contribution >= 0.6 is 11.3 Å². The summed E-state index contributed by atoms with van der Waals surface area (Å²) in [5.74, 6) is 1.40. The number of fused-ring (bicyclic) bond motifs is 11. The summed E-state index contributed by atoms with van der Waals surface area (Å²) in [7, 11) is 0. The van der Waals surface area contributed by atoms with E-state index in [4.69, 9.17) is 14.4 Å². The zero-order valence-corrected chi connectivity index (χ0v) is 32.4. The highest BCUT2D eigenvalue weighted by Gasteiger charge is 2.27. The maximum atomic E-state index is 6.82. The summed E-state index contributed by atoms with van der Waals surface area (Å²) in [6, 6.07) is 65.0. The highest BCUT2D eigenvalue weighted by Crippen LogP contribution is 2.41. The molecule has 3 aromatic heterocycles. The van der Waals surface area contributed by atoms with Gasteiger partial charge in [0.1, 0.15) is 23.2 Å². The van der Waals surface area contributed by atoms with Crippen LogP contribution in [-0.2, 0) is 0 Å². The van der Waals surface area contributed by atoms with Gasteiger partial charge in [-0.2, -0.15) is 0 Å². The van der Waals surface area contributed by atoms with Gasteiger partial charge in [-0.1, -0.05) is 127 Å². The van der Waals surface area contributed by atoms with Gasteiger partial charge in [0.05, 0.1) is 16.6 Å². The van der Waals surface area contributed by atoms with Crippen molar-refractivity contribution in [3.63, 3.8) is 0 Å². The molecule has 0 saturated carbocycles. The molecule has 5 nitrogen and oxygen atoms in total. The molecule has 0 fully saturated rings. The highest BCUT2D eigenvalue weighted by molar-refractivity contribution is 7.26. The van der Waals surface area contributed by atoms with Crippen molar-refractivity contribution in [2.75, 3.05) is 0 Å². The van der Waals surface area contributed by atoms with E-state index in [-0.39, 0.29) is 0 Å². The molecule has 1 N–H and O–H groups in total. The maximum absolute atomic E-state index is 6.82. The number of nitrogens with one attached hydrogen (secondary N) is 1. The van der Waals surface area contributed by atoms with Crippen LogP contribution in [0.25, 0.3) is 91.1 Å². The van der Waals surface area contributed by atoms with Gasteiger partial charge in [0.15, 0.2) is 5.84 Å². The van der Waals surface area contributed by atoms with Gasteiger partial charge in [-0.25, -0.2) is 9.98 Å². The molecule has 4 heterocycles. The first kappa shape index (κ1) is 32.5. The topological polar surface area (TPSA) is 54.8 Å². The Bertz CT molecular complexity index is 3790. The Morgan fingerprint density at radius 1 is 0.508 bits per heavy atom. The number of hydrogen-bond donors (Lipinski definition) is 1. The van der Waals surface area contributed by atoms with Crippen molar-refractivity contribution in [3.8, 4) is 5.69 Å². The molecule has 276 valence electrons. The van der Waals surface area contributed by atoms with Crippen LogP contribution in [0.5, 0.6) is 0 Å². The van der Waals surface area contributed by atoms with Crippen LogP contribution in [0.1, 0.15) is 22.9 Å². The lowest BCUT2D eigenvalue weighted by molar-refractivity contribution is 0.660. The van der Waals surface area contributed by atoms with E-state index in [2.05, 4.69) is 186 Å². The van der Waals surface area contributed by atoms with Crippen molar-refractivity contribution >= 4 is 108 Å². The van der Waals surface area contributed by atoms with E-state index in [0.29, 0.717) is 11.7 Å². The molecule has 1 unspecified atom stereocenters. The smallest absolute Gasteiger partial charge is 0.160 e. The Morgan fingerprint density at radius 3 is 2.10 bits per heavy atom. The number of furan rings is 1. The average molecular weight is 773 g/mol. The third-order valence-corrected chi connectivity index (χ3v) is 13.2. The molecule has 1 aliphatic heterocycles. The second-order valence-electron chi connectivity index (χ2n) is 15.4. The van der Waals surface area contributed by atoms with E-state index in [9.17, 15) is 0 Å². The van der Waals surface area contributed by atoms with Gasteiger partial charge in [-0.15, -0.1) is 11.3 Å². The first-order valence-electron chi connectivity index (χ1n) is 19.9. The number of para-hydroxylation sites is 2. The second kappa shape index (κ2) is 12.5. The number of rotatable bonds is 4. The van der Waals surface area contributed by atoms with Gasteiger partial charge >= 0.3 is 0 Å². The number of hydrogen-bond acceptors (Lipinski definition) is 5. The van der Waals surface area contributed by atoms with Crippen LogP contribution < -0.4 is 5.32 Å². The maximum Gasteiger partial charge on any atom is 0.160 e. The van der Waals surface area contributed by atoms with Crippen molar-refractivity contribution < 1.29 is 4.42 Å². The van der Waals surface area contributed by atoms with Crippen LogP contribution in [0.15, 0.2) is 196 Å². The first-order valence-corrected chi connectivity index (χ1v) is 20.7. The zero-order valence-electron chi connectivity index (χ0n) is 31.6. The van der Waals surface area contributed by atoms with Gasteiger partial charge in [0.25, 0.3) is 0 Å². The minimum atomic E-state index is -0.408. The van der Waals surface area contributed by atoms with Crippen LogP contribution in [0.4, 0.5) is 0 Å². The van der Waals surface area contributed by atoms with E-state index in [1.807, 2.05) is 6.07 Å². The van der Waals surface area contributed by atoms with E-state index in [0.717, 1.165) is 55.3 Å². The summed E-state index contributed by atoms with van der Waals surface area (Å²) >= 11 is 1.79. The summed E-state index contributed by atoms with van der Waals surface area (Å²) in [4.78, 5) is 10.9. The first-order chi connectivity index (χ1) is 29.2. The summed E-state index contributed by atoms with van der Waals surface area (Å²) in [5, 5.41) is 15.6. The van der Waals surface area contributed by atoms with Crippen molar-refractivity contribution in [3.05, 3.63) is 199 Å². The van der Waals surface area contributed by atoms with Crippen molar-refractivity contribution in [1.82, 2.24) is 9.88 Å². The molecule has 0 spiro atoms. The monoisotopic (exact) mass is 772 g/mol. The lowest BCUT2D eigenvalue weighted by Crippen LogP contribution is -2.33. The third kappa shape index (κ3) is 4.97. The van der Waals surface area contributed by atoms with Crippen LogP contribution in [0, 0.1) is 0 Å². The van der Waals surface area contributed by atoms with Gasteiger partial charge < -0.3 is 14.3 Å². The van der Waals surface area contributed by atoms with Crippen LogP contribution in [-0.4, -0.2) is 16.2 Å². The molecular weight excluding hydrogens is 741 g/mol. The van der Waals surface area contributed by atoms with E-state index in [1.54, 1.807) is 11.3 Å². The molecule has 6 heteroatoms.